The van der Waals surface area contributed by atoms with E-state index in [1.54, 1.807) is 0 Å². The molecule has 1 aliphatic rings. The summed E-state index contributed by atoms with van der Waals surface area (Å²) in [5.41, 5.74) is 2.67. The van der Waals surface area contributed by atoms with Crippen molar-refractivity contribution in [1.82, 2.24) is 0 Å². The van der Waals surface area contributed by atoms with E-state index in [2.05, 4.69) is 39.0 Å². The van der Waals surface area contributed by atoms with Crippen LogP contribution in [0.1, 0.15) is 30.9 Å². The van der Waals surface area contributed by atoms with Crippen molar-refractivity contribution in [2.75, 3.05) is 6.61 Å². The van der Waals surface area contributed by atoms with Gasteiger partial charge in [0.1, 0.15) is 5.75 Å². The van der Waals surface area contributed by atoms with Gasteiger partial charge >= 0.3 is 0 Å². The highest BCUT2D eigenvalue weighted by atomic mass is 16.5. The van der Waals surface area contributed by atoms with Crippen LogP contribution in [0.25, 0.3) is 0 Å². The van der Waals surface area contributed by atoms with Crippen molar-refractivity contribution in [3.63, 3.8) is 0 Å². The minimum Gasteiger partial charge on any atom is -0.493 e. The van der Waals surface area contributed by atoms with Gasteiger partial charge < -0.3 is 4.74 Å². The minimum absolute atomic E-state index is 0.593. The quantitative estimate of drug-likeness (QED) is 0.638. The predicted octanol–water partition coefficient (Wildman–Crippen LogP) is 3.13. The topological polar surface area (TPSA) is 9.23 Å². The van der Waals surface area contributed by atoms with Gasteiger partial charge in [-0.05, 0) is 24.5 Å². The molecule has 70 valence electrons. The average Bonchev–Trinajstić information content (AvgIpc) is 2.46. The highest BCUT2D eigenvalue weighted by Gasteiger charge is 2.26. The molecule has 1 aromatic carbocycles. The molecule has 0 fully saturated rings. The zero-order valence-corrected chi connectivity index (χ0v) is 8.50. The van der Waals surface area contributed by atoms with Crippen LogP contribution in [0.5, 0.6) is 5.75 Å². The summed E-state index contributed by atoms with van der Waals surface area (Å²) in [4.78, 5) is 0. The molecular weight excluding hydrogens is 160 g/mol. The second-order valence-corrected chi connectivity index (χ2v) is 4.20. The van der Waals surface area contributed by atoms with Gasteiger partial charge in [-0.3, -0.25) is 0 Å². The Morgan fingerprint density at radius 3 is 2.85 bits per heavy atom. The Morgan fingerprint density at radius 2 is 2.15 bits per heavy atom. The summed E-state index contributed by atoms with van der Waals surface area (Å²) in [6.07, 6.45) is 0. The maximum Gasteiger partial charge on any atom is 0.123 e. The average molecular weight is 176 g/mol. The van der Waals surface area contributed by atoms with Gasteiger partial charge in [-0.25, -0.2) is 0 Å². The van der Waals surface area contributed by atoms with Crippen LogP contribution in [0.2, 0.25) is 0 Å². The molecule has 1 unspecified atom stereocenters. The van der Waals surface area contributed by atoms with Crippen LogP contribution in [0, 0.1) is 12.8 Å². The molecule has 2 rings (SSSR count). The first-order valence-electron chi connectivity index (χ1n) is 4.92. The Bertz CT molecular complexity index is 315. The third kappa shape index (κ3) is 1.43. The molecular formula is C12H16O. The third-order valence-electron chi connectivity index (χ3n) is 2.79. The maximum atomic E-state index is 5.65. The molecule has 13 heavy (non-hydrogen) atoms. The molecule has 0 spiro atoms. The summed E-state index contributed by atoms with van der Waals surface area (Å²) in [6.45, 7) is 7.47. The number of ether oxygens (including phenoxy) is 1. The fourth-order valence-corrected chi connectivity index (χ4v) is 1.89. The molecule has 0 amide bonds. The van der Waals surface area contributed by atoms with Gasteiger partial charge in [0.05, 0.1) is 6.61 Å². The molecule has 0 saturated heterocycles. The second kappa shape index (κ2) is 3.06. The third-order valence-corrected chi connectivity index (χ3v) is 2.79. The number of hydrogen-bond donors (Lipinski definition) is 0. The fraction of sp³-hybridized carbons (Fsp3) is 0.500. The Morgan fingerprint density at radius 1 is 1.38 bits per heavy atom. The van der Waals surface area contributed by atoms with Crippen LogP contribution in [0.15, 0.2) is 18.2 Å². The molecule has 1 heteroatoms. The van der Waals surface area contributed by atoms with Crippen LogP contribution in [0.3, 0.4) is 0 Å². The van der Waals surface area contributed by atoms with Crippen molar-refractivity contribution in [2.24, 2.45) is 5.92 Å². The molecule has 0 bridgehead atoms. The number of benzene rings is 1. The second-order valence-electron chi connectivity index (χ2n) is 4.20. The zero-order chi connectivity index (χ0) is 9.42. The predicted molar refractivity (Wildman–Crippen MR) is 54.3 cm³/mol. The summed E-state index contributed by atoms with van der Waals surface area (Å²) in [5.74, 6) is 2.36. The molecule has 0 aromatic heterocycles. The first kappa shape index (κ1) is 8.61. The van der Waals surface area contributed by atoms with Crippen LogP contribution in [-0.4, -0.2) is 6.61 Å². The number of rotatable bonds is 1. The van der Waals surface area contributed by atoms with Gasteiger partial charge in [-0.1, -0.05) is 26.0 Å². The summed E-state index contributed by atoms with van der Waals surface area (Å²) in [5, 5.41) is 0. The molecule has 0 saturated carbocycles. The standard InChI is InChI=1S/C12H16O/c1-8(2)11-7-13-12-6-9(3)4-5-10(11)12/h4-6,8,11H,7H2,1-3H3. The highest BCUT2D eigenvalue weighted by molar-refractivity contribution is 5.42. The molecule has 0 N–H and O–H groups in total. The van der Waals surface area contributed by atoms with Crippen molar-refractivity contribution in [2.45, 2.75) is 26.7 Å². The van der Waals surface area contributed by atoms with Gasteiger partial charge in [-0.15, -0.1) is 0 Å². The maximum absolute atomic E-state index is 5.65. The Hall–Kier alpha value is -0.980. The molecule has 1 aliphatic heterocycles. The smallest absolute Gasteiger partial charge is 0.123 e. The van der Waals surface area contributed by atoms with E-state index in [-0.39, 0.29) is 0 Å². The lowest BCUT2D eigenvalue weighted by Gasteiger charge is -2.12. The van der Waals surface area contributed by atoms with E-state index < -0.39 is 0 Å². The van der Waals surface area contributed by atoms with E-state index in [1.807, 2.05) is 0 Å². The van der Waals surface area contributed by atoms with Gasteiger partial charge in [0.2, 0.25) is 0 Å². The van der Waals surface area contributed by atoms with Gasteiger partial charge in [0, 0.05) is 11.5 Å². The van der Waals surface area contributed by atoms with Crippen molar-refractivity contribution < 1.29 is 4.74 Å². The minimum atomic E-state index is 0.593. The SMILES string of the molecule is Cc1ccc2c(c1)OCC2C(C)C. The molecule has 1 nitrogen and oxygen atoms in total. The number of aryl methyl sites for hydroxylation is 1. The van der Waals surface area contributed by atoms with E-state index >= 15 is 0 Å². The summed E-state index contributed by atoms with van der Waals surface area (Å²) in [6, 6.07) is 6.52. The van der Waals surface area contributed by atoms with Crippen molar-refractivity contribution in [3.05, 3.63) is 29.3 Å². The van der Waals surface area contributed by atoms with E-state index in [1.165, 1.54) is 11.1 Å². The van der Waals surface area contributed by atoms with E-state index in [0.717, 1.165) is 12.4 Å². The van der Waals surface area contributed by atoms with Crippen LogP contribution < -0.4 is 4.74 Å². The van der Waals surface area contributed by atoms with Gasteiger partial charge in [0.15, 0.2) is 0 Å². The number of fused-ring (bicyclic) bond motifs is 1. The van der Waals surface area contributed by atoms with Gasteiger partial charge in [0.25, 0.3) is 0 Å². The van der Waals surface area contributed by atoms with Gasteiger partial charge in [-0.2, -0.15) is 0 Å². The largest absolute Gasteiger partial charge is 0.493 e. The lowest BCUT2D eigenvalue weighted by Crippen LogP contribution is -2.07. The molecule has 1 aromatic rings. The first-order valence-corrected chi connectivity index (χ1v) is 4.92. The van der Waals surface area contributed by atoms with Crippen molar-refractivity contribution in [1.29, 1.82) is 0 Å². The van der Waals surface area contributed by atoms with E-state index in [0.29, 0.717) is 11.8 Å². The van der Waals surface area contributed by atoms with Crippen LogP contribution in [-0.2, 0) is 0 Å². The Balaban J connectivity index is 2.38. The monoisotopic (exact) mass is 176 g/mol. The number of hydrogen-bond acceptors (Lipinski definition) is 1. The Kier molecular flexibility index (Phi) is 2.03. The lowest BCUT2D eigenvalue weighted by molar-refractivity contribution is 0.304. The van der Waals surface area contributed by atoms with Crippen LogP contribution in [0.4, 0.5) is 0 Å². The molecule has 1 heterocycles. The van der Waals surface area contributed by atoms with E-state index in [4.69, 9.17) is 4.74 Å². The van der Waals surface area contributed by atoms with Crippen LogP contribution >= 0.6 is 0 Å². The molecule has 1 atom stereocenters. The first-order chi connectivity index (χ1) is 6.18. The fourth-order valence-electron chi connectivity index (χ4n) is 1.89. The summed E-state index contributed by atoms with van der Waals surface area (Å²) >= 11 is 0. The molecule has 0 aliphatic carbocycles. The highest BCUT2D eigenvalue weighted by Crippen LogP contribution is 2.38. The van der Waals surface area contributed by atoms with Crippen molar-refractivity contribution >= 4 is 0 Å². The summed E-state index contributed by atoms with van der Waals surface area (Å²) < 4.78 is 5.65. The lowest BCUT2D eigenvalue weighted by atomic mass is 9.90. The summed E-state index contributed by atoms with van der Waals surface area (Å²) in [7, 11) is 0. The zero-order valence-electron chi connectivity index (χ0n) is 8.50. The van der Waals surface area contributed by atoms with Crippen molar-refractivity contribution in [3.8, 4) is 5.75 Å². The normalized spacial score (nSPS) is 20.2. The Labute approximate surface area is 79.7 Å². The van der Waals surface area contributed by atoms with E-state index in [9.17, 15) is 0 Å². The molecule has 0 radical (unpaired) electrons.